The van der Waals surface area contributed by atoms with Crippen LogP contribution in [0.25, 0.3) is 0 Å². The first kappa shape index (κ1) is 13.1. The van der Waals surface area contributed by atoms with Crippen molar-refractivity contribution >= 4 is 5.97 Å². The van der Waals surface area contributed by atoms with Gasteiger partial charge in [0.1, 0.15) is 6.61 Å². The summed E-state index contributed by atoms with van der Waals surface area (Å²) in [5.74, 6) is -0.342. The molecule has 4 nitrogen and oxygen atoms in total. The van der Waals surface area contributed by atoms with Gasteiger partial charge in [0.05, 0.1) is 23.9 Å². The van der Waals surface area contributed by atoms with E-state index in [4.69, 9.17) is 9.47 Å². The average Bonchev–Trinajstić information content (AvgIpc) is 2.78. The van der Waals surface area contributed by atoms with Crippen LogP contribution in [0.15, 0.2) is 11.1 Å². The molecule has 0 amide bonds. The van der Waals surface area contributed by atoms with E-state index in [1.54, 1.807) is 0 Å². The second-order valence-electron chi connectivity index (χ2n) is 5.14. The van der Waals surface area contributed by atoms with Gasteiger partial charge in [0.2, 0.25) is 0 Å². The summed E-state index contributed by atoms with van der Waals surface area (Å²) in [6, 6.07) is 2.18. The van der Waals surface area contributed by atoms with Crippen molar-refractivity contribution in [2.45, 2.75) is 51.0 Å². The molecular formula is C14H19NO3. The minimum absolute atomic E-state index is 0.0358. The molecule has 0 aromatic heterocycles. The maximum atomic E-state index is 10.8. The number of carbonyl (C=O) groups excluding carboxylic acids is 1. The molecule has 2 fully saturated rings. The van der Waals surface area contributed by atoms with Crippen LogP contribution < -0.4 is 0 Å². The molecule has 0 atom stereocenters. The Hall–Kier alpha value is -1.34. The van der Waals surface area contributed by atoms with Crippen LogP contribution in [0.1, 0.15) is 45.4 Å². The third-order valence-corrected chi connectivity index (χ3v) is 3.84. The molecule has 0 unspecified atom stereocenters. The Morgan fingerprint density at radius 1 is 1.50 bits per heavy atom. The first-order valence-corrected chi connectivity index (χ1v) is 6.53. The van der Waals surface area contributed by atoms with Gasteiger partial charge in [-0.3, -0.25) is 4.79 Å². The molecule has 1 aliphatic carbocycles. The van der Waals surface area contributed by atoms with Crippen molar-refractivity contribution in [2.75, 3.05) is 13.2 Å². The van der Waals surface area contributed by atoms with Crippen molar-refractivity contribution in [1.29, 1.82) is 5.26 Å². The second-order valence-corrected chi connectivity index (χ2v) is 5.14. The molecule has 0 N–H and O–H groups in total. The SMILES string of the molecule is CC(=O)OC/C(C#N)=C1/CCOC2(CCCC2)C1. The Kier molecular flexibility index (Phi) is 4.03. The summed E-state index contributed by atoms with van der Waals surface area (Å²) in [5, 5.41) is 9.18. The standard InChI is InChI=1S/C14H19NO3/c1-11(16)17-10-13(9-15)12-4-7-18-14(8-12)5-2-3-6-14/h2-8,10H2,1H3/b13-12-. The fourth-order valence-corrected chi connectivity index (χ4v) is 2.90. The molecule has 1 aliphatic heterocycles. The van der Waals surface area contributed by atoms with Gasteiger partial charge in [-0.1, -0.05) is 12.8 Å². The quantitative estimate of drug-likeness (QED) is 0.557. The number of nitriles is 1. The highest BCUT2D eigenvalue weighted by Gasteiger charge is 2.38. The van der Waals surface area contributed by atoms with E-state index < -0.39 is 0 Å². The summed E-state index contributed by atoms with van der Waals surface area (Å²) < 4.78 is 10.9. The van der Waals surface area contributed by atoms with E-state index in [0.29, 0.717) is 12.2 Å². The van der Waals surface area contributed by atoms with E-state index in [2.05, 4.69) is 6.07 Å². The minimum atomic E-state index is -0.342. The van der Waals surface area contributed by atoms with Gasteiger partial charge in [0.15, 0.2) is 0 Å². The van der Waals surface area contributed by atoms with Crippen molar-refractivity contribution in [3.05, 3.63) is 11.1 Å². The smallest absolute Gasteiger partial charge is 0.302 e. The number of esters is 1. The molecule has 98 valence electrons. The number of ether oxygens (including phenoxy) is 2. The zero-order valence-corrected chi connectivity index (χ0v) is 10.8. The highest BCUT2D eigenvalue weighted by atomic mass is 16.5. The van der Waals surface area contributed by atoms with Gasteiger partial charge in [-0.05, 0) is 31.3 Å². The molecule has 2 rings (SSSR count). The Labute approximate surface area is 108 Å². The maximum Gasteiger partial charge on any atom is 0.302 e. The van der Waals surface area contributed by atoms with E-state index in [1.807, 2.05) is 0 Å². The lowest BCUT2D eigenvalue weighted by molar-refractivity contribution is -0.139. The van der Waals surface area contributed by atoms with Gasteiger partial charge in [-0.25, -0.2) is 0 Å². The van der Waals surface area contributed by atoms with Crippen molar-refractivity contribution in [2.24, 2.45) is 0 Å². The maximum absolute atomic E-state index is 10.8. The average molecular weight is 249 g/mol. The highest BCUT2D eigenvalue weighted by molar-refractivity contribution is 5.66. The van der Waals surface area contributed by atoms with E-state index in [9.17, 15) is 10.1 Å². The lowest BCUT2D eigenvalue weighted by Crippen LogP contribution is -2.34. The number of carbonyl (C=O) groups is 1. The van der Waals surface area contributed by atoms with Crippen LogP contribution in [0.2, 0.25) is 0 Å². The third-order valence-electron chi connectivity index (χ3n) is 3.84. The molecule has 0 radical (unpaired) electrons. The normalized spacial score (nSPS) is 24.7. The van der Waals surface area contributed by atoms with Crippen LogP contribution in [0.3, 0.4) is 0 Å². The van der Waals surface area contributed by atoms with Gasteiger partial charge in [0, 0.05) is 6.92 Å². The van der Waals surface area contributed by atoms with E-state index in [-0.39, 0.29) is 18.2 Å². The summed E-state index contributed by atoms with van der Waals surface area (Å²) in [4.78, 5) is 10.8. The molecule has 0 aromatic rings. The van der Waals surface area contributed by atoms with Crippen LogP contribution in [-0.2, 0) is 14.3 Å². The van der Waals surface area contributed by atoms with Crippen LogP contribution in [0, 0.1) is 11.3 Å². The van der Waals surface area contributed by atoms with Crippen molar-refractivity contribution < 1.29 is 14.3 Å². The summed E-state index contributed by atoms with van der Waals surface area (Å²) in [7, 11) is 0. The van der Waals surface area contributed by atoms with Gasteiger partial charge >= 0.3 is 5.97 Å². The largest absolute Gasteiger partial charge is 0.460 e. The summed E-state index contributed by atoms with van der Waals surface area (Å²) in [6.07, 6.45) is 6.20. The first-order chi connectivity index (χ1) is 8.65. The lowest BCUT2D eigenvalue weighted by Gasteiger charge is -2.35. The van der Waals surface area contributed by atoms with E-state index >= 15 is 0 Å². The predicted molar refractivity (Wildman–Crippen MR) is 65.7 cm³/mol. The first-order valence-electron chi connectivity index (χ1n) is 6.53. The van der Waals surface area contributed by atoms with Gasteiger partial charge in [-0.15, -0.1) is 0 Å². The van der Waals surface area contributed by atoms with Crippen molar-refractivity contribution in [3.63, 3.8) is 0 Å². The minimum Gasteiger partial charge on any atom is -0.460 e. The molecular weight excluding hydrogens is 230 g/mol. The number of nitrogens with zero attached hydrogens (tertiary/aromatic N) is 1. The van der Waals surface area contributed by atoms with E-state index in [1.165, 1.54) is 19.8 Å². The number of hydrogen-bond acceptors (Lipinski definition) is 4. The second kappa shape index (κ2) is 5.53. The molecule has 4 heteroatoms. The zero-order chi connectivity index (χ0) is 13.0. The molecule has 0 bridgehead atoms. The topological polar surface area (TPSA) is 59.3 Å². The van der Waals surface area contributed by atoms with Gasteiger partial charge in [-0.2, -0.15) is 5.26 Å². The Balaban J connectivity index is 2.09. The van der Waals surface area contributed by atoms with Gasteiger partial charge in [0.25, 0.3) is 0 Å². The molecule has 1 spiro atoms. The summed E-state index contributed by atoms with van der Waals surface area (Å²) >= 11 is 0. The Bertz CT molecular complexity index is 400. The van der Waals surface area contributed by atoms with Crippen molar-refractivity contribution in [1.82, 2.24) is 0 Å². The van der Waals surface area contributed by atoms with Crippen molar-refractivity contribution in [3.8, 4) is 6.07 Å². The number of rotatable bonds is 2. The monoisotopic (exact) mass is 249 g/mol. The number of hydrogen-bond donors (Lipinski definition) is 0. The molecule has 1 saturated carbocycles. The molecule has 2 aliphatic rings. The highest BCUT2D eigenvalue weighted by Crippen LogP contribution is 2.42. The fraction of sp³-hybridized carbons (Fsp3) is 0.714. The summed E-state index contributed by atoms with van der Waals surface area (Å²) in [5.41, 5.74) is 1.69. The predicted octanol–water partition coefficient (Wildman–Crippen LogP) is 2.49. The zero-order valence-electron chi connectivity index (χ0n) is 10.8. The summed E-state index contributed by atoms with van der Waals surface area (Å²) in [6.45, 7) is 2.15. The van der Waals surface area contributed by atoms with Crippen LogP contribution in [-0.4, -0.2) is 24.8 Å². The van der Waals surface area contributed by atoms with Gasteiger partial charge < -0.3 is 9.47 Å². The molecule has 1 saturated heterocycles. The molecule has 0 aromatic carbocycles. The van der Waals surface area contributed by atoms with Crippen LogP contribution >= 0.6 is 0 Å². The lowest BCUT2D eigenvalue weighted by atomic mass is 9.86. The van der Waals surface area contributed by atoms with Crippen LogP contribution in [0.4, 0.5) is 0 Å². The van der Waals surface area contributed by atoms with Crippen LogP contribution in [0.5, 0.6) is 0 Å². The third kappa shape index (κ3) is 2.91. The van der Waals surface area contributed by atoms with E-state index in [0.717, 1.165) is 31.3 Å². The fourth-order valence-electron chi connectivity index (χ4n) is 2.90. The molecule has 18 heavy (non-hydrogen) atoms. The molecule has 1 heterocycles. The Morgan fingerprint density at radius 3 is 2.83 bits per heavy atom. The Morgan fingerprint density at radius 2 is 2.22 bits per heavy atom.